The van der Waals surface area contributed by atoms with Crippen LogP contribution in [0.25, 0.3) is 11.2 Å². The highest BCUT2D eigenvalue weighted by Crippen LogP contribution is 2.51. The van der Waals surface area contributed by atoms with E-state index in [9.17, 15) is 24.4 Å². The van der Waals surface area contributed by atoms with E-state index >= 15 is 0 Å². The third kappa shape index (κ3) is 5.20. The quantitative estimate of drug-likeness (QED) is 0.0768. The molecule has 1 aromatic carbocycles. The Bertz CT molecular complexity index is 1530. The number of nitro benzene ring substituents is 1. The van der Waals surface area contributed by atoms with Gasteiger partial charge in [-0.3, -0.25) is 14.7 Å². The fourth-order valence-electron chi connectivity index (χ4n) is 4.36. The van der Waals surface area contributed by atoms with Crippen LogP contribution in [0.1, 0.15) is 44.9 Å². The largest absolute Gasteiger partial charge is 0.511 e. The van der Waals surface area contributed by atoms with E-state index in [0.29, 0.717) is 0 Å². The highest BCUT2D eigenvalue weighted by molar-refractivity contribution is 6.74. The van der Waals surface area contributed by atoms with Crippen molar-refractivity contribution in [3.8, 4) is 18.1 Å². The van der Waals surface area contributed by atoms with Crippen LogP contribution < -0.4 is 10.5 Å². The van der Waals surface area contributed by atoms with Gasteiger partial charge in [0.25, 0.3) is 5.69 Å². The number of carbonyl (C=O) groups is 1. The maximum atomic E-state index is 14.1. The summed E-state index contributed by atoms with van der Waals surface area (Å²) in [4.78, 5) is 34.0. The Morgan fingerprint density at radius 3 is 2.73 bits per heavy atom. The zero-order valence-electron chi connectivity index (χ0n) is 22.5. The maximum Gasteiger partial charge on any atom is 0.511 e. The number of hydrogen-bond donors (Lipinski definition) is 2. The van der Waals surface area contributed by atoms with E-state index in [1.807, 2.05) is 33.9 Å². The third-order valence-electron chi connectivity index (χ3n) is 7.55. The van der Waals surface area contributed by atoms with Gasteiger partial charge in [0.1, 0.15) is 12.0 Å². The fourth-order valence-corrected chi connectivity index (χ4v) is 5.37. The van der Waals surface area contributed by atoms with Gasteiger partial charge in [0, 0.05) is 30.0 Å². The number of imidazole rings is 1. The monoisotopic (exact) mass is 572 g/mol. The molecule has 0 unspecified atom stereocenters. The first-order valence-corrected chi connectivity index (χ1v) is 15.1. The van der Waals surface area contributed by atoms with Crippen LogP contribution >= 0.6 is 0 Å². The maximum absolute atomic E-state index is 14.1. The van der Waals surface area contributed by atoms with Gasteiger partial charge < -0.3 is 24.7 Å². The molecule has 4 rings (SSSR count). The van der Waals surface area contributed by atoms with Crippen LogP contribution in [0.15, 0.2) is 24.5 Å². The first-order chi connectivity index (χ1) is 18.6. The minimum atomic E-state index is -2.40. The van der Waals surface area contributed by atoms with E-state index in [4.69, 9.17) is 26.1 Å². The molecule has 3 N–H and O–H groups in total. The average Bonchev–Trinajstić information content (AvgIpc) is 3.44. The van der Waals surface area contributed by atoms with Crippen LogP contribution in [-0.2, 0) is 9.16 Å². The summed E-state index contributed by atoms with van der Waals surface area (Å²) in [5.74, 6) is 1.50. The van der Waals surface area contributed by atoms with Crippen molar-refractivity contribution in [1.82, 2.24) is 19.5 Å². The number of rotatable bonds is 7. The standard InChI is InChI=1S/C25H29FN6O7Si/c1-7-25(12-37-40(5,6)24(2,3)4)16(15-10-14(32(35)36)8-9-17(15)38-23(33)34)11-18(39-25)31-13-28-19-20(27)29-22(26)30-21(19)31/h1,8-10,13,16,18H,11-12H2,2-6H3,(H,33,34)(H2,27,29,30)/t16-,18+,25+/m0/s1. The highest BCUT2D eigenvalue weighted by Gasteiger charge is 2.52. The van der Waals surface area contributed by atoms with Gasteiger partial charge in [-0.1, -0.05) is 26.7 Å². The molecule has 15 heteroatoms. The summed E-state index contributed by atoms with van der Waals surface area (Å²) in [5, 5.41) is 20.8. The van der Waals surface area contributed by atoms with Crippen LogP contribution in [0.3, 0.4) is 0 Å². The summed E-state index contributed by atoms with van der Waals surface area (Å²) < 4.78 is 33.4. The smallest absolute Gasteiger partial charge is 0.449 e. The molecule has 0 bridgehead atoms. The second kappa shape index (κ2) is 10.1. The van der Waals surface area contributed by atoms with Crippen molar-refractivity contribution in [2.24, 2.45) is 0 Å². The van der Waals surface area contributed by atoms with Crippen molar-refractivity contribution in [3.63, 3.8) is 0 Å². The molecule has 0 saturated carbocycles. The van der Waals surface area contributed by atoms with Crippen molar-refractivity contribution < 1.29 is 33.1 Å². The van der Waals surface area contributed by atoms with Crippen molar-refractivity contribution in [3.05, 3.63) is 46.3 Å². The van der Waals surface area contributed by atoms with Crippen LogP contribution in [0.4, 0.5) is 20.7 Å². The number of nitrogens with zero attached hydrogens (tertiary/aromatic N) is 5. The lowest BCUT2D eigenvalue weighted by Crippen LogP contribution is -2.47. The number of nitro groups is 1. The molecule has 13 nitrogen and oxygen atoms in total. The van der Waals surface area contributed by atoms with Gasteiger partial charge in [0.05, 0.1) is 17.9 Å². The molecule has 0 amide bonds. The summed E-state index contributed by atoms with van der Waals surface area (Å²) in [6.07, 6.45) is 3.90. The second-order valence-electron chi connectivity index (χ2n) is 11.0. The van der Waals surface area contributed by atoms with E-state index < -0.39 is 43.2 Å². The van der Waals surface area contributed by atoms with E-state index in [2.05, 4.69) is 20.9 Å². The molecule has 40 heavy (non-hydrogen) atoms. The minimum Gasteiger partial charge on any atom is -0.449 e. The van der Waals surface area contributed by atoms with Gasteiger partial charge >= 0.3 is 12.2 Å². The average molecular weight is 573 g/mol. The number of fused-ring (bicyclic) bond motifs is 1. The molecule has 1 saturated heterocycles. The summed E-state index contributed by atoms with van der Waals surface area (Å²) in [5.41, 5.74) is 4.31. The Balaban J connectivity index is 1.88. The first kappa shape index (κ1) is 28.9. The SMILES string of the molecule is C#C[C@]1(CO[Si](C)(C)C(C)(C)C)O[C@@H](n2cnc3c(N)nc(F)nc32)C[C@H]1c1cc([N+](=O)[O-])ccc1OC(=O)O. The van der Waals surface area contributed by atoms with Gasteiger partial charge in [-0.15, -0.1) is 6.42 Å². The Labute approximate surface area is 229 Å². The molecule has 0 aliphatic carbocycles. The van der Waals surface area contributed by atoms with Crippen LogP contribution in [-0.4, -0.2) is 56.2 Å². The van der Waals surface area contributed by atoms with Gasteiger partial charge in [0.15, 0.2) is 30.9 Å². The molecule has 2 aromatic heterocycles. The van der Waals surface area contributed by atoms with Crippen molar-refractivity contribution in [2.45, 2.75) is 63.1 Å². The number of halogens is 1. The lowest BCUT2D eigenvalue weighted by atomic mass is 9.82. The van der Waals surface area contributed by atoms with Crippen LogP contribution in [0.5, 0.6) is 5.75 Å². The predicted molar refractivity (Wildman–Crippen MR) is 144 cm³/mol. The molecular weight excluding hydrogens is 543 g/mol. The Kier molecular flexibility index (Phi) is 7.30. The number of nitrogen functional groups attached to an aromatic ring is 1. The Morgan fingerprint density at radius 2 is 2.12 bits per heavy atom. The number of nitrogens with two attached hydrogens (primary N) is 1. The summed E-state index contributed by atoms with van der Waals surface area (Å²) >= 11 is 0. The van der Waals surface area contributed by atoms with Crippen LogP contribution in [0.2, 0.25) is 18.1 Å². The topological polar surface area (TPSA) is 178 Å². The molecule has 0 radical (unpaired) electrons. The van der Waals surface area contributed by atoms with E-state index in [0.717, 1.165) is 6.07 Å². The minimum absolute atomic E-state index is 0.0490. The molecule has 3 aromatic rings. The number of hydrogen-bond acceptors (Lipinski definition) is 10. The Hall–Kier alpha value is -4.13. The molecule has 1 fully saturated rings. The lowest BCUT2D eigenvalue weighted by molar-refractivity contribution is -0.385. The molecule has 3 atom stereocenters. The normalized spacial score (nSPS) is 21.3. The van der Waals surface area contributed by atoms with E-state index in [1.165, 1.54) is 23.0 Å². The predicted octanol–water partition coefficient (Wildman–Crippen LogP) is 4.61. The highest BCUT2D eigenvalue weighted by atomic mass is 28.4. The molecular formula is C25H29FN6O7Si. The lowest BCUT2D eigenvalue weighted by Gasteiger charge is -2.39. The number of terminal acetylenes is 1. The summed E-state index contributed by atoms with van der Waals surface area (Å²) in [6, 6.07) is 3.53. The zero-order chi connectivity index (χ0) is 29.6. The molecule has 1 aliphatic heterocycles. The molecule has 1 aliphatic rings. The van der Waals surface area contributed by atoms with Gasteiger partial charge in [0.2, 0.25) is 0 Å². The van der Waals surface area contributed by atoms with Crippen LogP contribution in [0, 0.1) is 28.5 Å². The van der Waals surface area contributed by atoms with Crippen molar-refractivity contribution in [2.75, 3.05) is 12.3 Å². The molecule has 212 valence electrons. The zero-order valence-corrected chi connectivity index (χ0v) is 23.5. The first-order valence-electron chi connectivity index (χ1n) is 12.2. The fraction of sp³-hybridized carbons (Fsp3) is 0.440. The third-order valence-corrected chi connectivity index (χ3v) is 12.0. The number of carboxylic acid groups (broad SMARTS) is 1. The summed E-state index contributed by atoms with van der Waals surface area (Å²) in [7, 11) is -2.40. The number of benzene rings is 1. The van der Waals surface area contributed by atoms with Gasteiger partial charge in [-0.05, 0) is 24.2 Å². The molecule has 3 heterocycles. The van der Waals surface area contributed by atoms with Crippen molar-refractivity contribution in [1.29, 1.82) is 0 Å². The second-order valence-corrected chi connectivity index (χ2v) is 15.8. The van der Waals surface area contributed by atoms with E-state index in [-0.39, 0.29) is 52.0 Å². The number of non-ortho nitro benzene ring substituents is 1. The number of ether oxygens (including phenoxy) is 2. The van der Waals surface area contributed by atoms with E-state index in [1.54, 1.807) is 0 Å². The van der Waals surface area contributed by atoms with Gasteiger partial charge in [-0.25, -0.2) is 9.78 Å². The number of anilines is 1. The molecule has 0 spiro atoms. The summed E-state index contributed by atoms with van der Waals surface area (Å²) in [6.45, 7) is 10.1. The number of aromatic nitrogens is 4. The van der Waals surface area contributed by atoms with Gasteiger partial charge in [-0.2, -0.15) is 14.4 Å². The van der Waals surface area contributed by atoms with Crippen molar-refractivity contribution >= 4 is 37.1 Å². The Morgan fingerprint density at radius 1 is 1.43 bits per heavy atom.